The second kappa shape index (κ2) is 8.24. The Bertz CT molecular complexity index is 623. The fourth-order valence-corrected chi connectivity index (χ4v) is 4.62. The smallest absolute Gasteiger partial charge is 0.322 e. The van der Waals surface area contributed by atoms with Crippen molar-refractivity contribution in [3.63, 3.8) is 0 Å². The lowest BCUT2D eigenvalue weighted by Gasteiger charge is -2.44. The van der Waals surface area contributed by atoms with Gasteiger partial charge < -0.3 is 25.2 Å². The van der Waals surface area contributed by atoms with Gasteiger partial charge in [0.15, 0.2) is 5.96 Å². The first-order valence-electron chi connectivity index (χ1n) is 10.1. The second-order valence-electron chi connectivity index (χ2n) is 8.50. The fourth-order valence-electron chi connectivity index (χ4n) is 4.62. The highest BCUT2D eigenvalue weighted by atomic mass is 16.5. The molecule has 3 rings (SSSR count). The zero-order chi connectivity index (χ0) is 20.4. The first-order chi connectivity index (χ1) is 13.3. The Kier molecular flexibility index (Phi) is 6.14. The van der Waals surface area contributed by atoms with Gasteiger partial charge in [-0.25, -0.2) is 4.79 Å². The van der Waals surface area contributed by atoms with E-state index in [2.05, 4.69) is 44.8 Å². The molecule has 0 bridgehead atoms. The van der Waals surface area contributed by atoms with E-state index < -0.39 is 11.6 Å². The van der Waals surface area contributed by atoms with Crippen molar-refractivity contribution >= 4 is 17.9 Å². The van der Waals surface area contributed by atoms with Gasteiger partial charge in [0.05, 0.1) is 0 Å². The third-order valence-corrected chi connectivity index (χ3v) is 6.84. The summed E-state index contributed by atoms with van der Waals surface area (Å²) >= 11 is 0. The van der Waals surface area contributed by atoms with E-state index in [-0.39, 0.29) is 17.4 Å². The Balaban J connectivity index is 1.57. The van der Waals surface area contributed by atoms with Crippen LogP contribution >= 0.6 is 0 Å². The average molecular weight is 395 g/mol. The summed E-state index contributed by atoms with van der Waals surface area (Å²) in [4.78, 5) is 32.8. The number of likely N-dealkylation sites (N-methyl/N-ethyl adjacent to an activating group) is 1. The molecule has 9 nitrogen and oxygen atoms in total. The van der Waals surface area contributed by atoms with Gasteiger partial charge in [0.2, 0.25) is 0 Å². The predicted octanol–water partition coefficient (Wildman–Crippen LogP) is -0.0173. The fraction of sp³-hybridized carbons (Fsp3) is 0.842. The molecule has 0 saturated carbocycles. The molecule has 1 unspecified atom stereocenters. The topological polar surface area (TPSA) is 98.3 Å². The summed E-state index contributed by atoms with van der Waals surface area (Å²) in [5.74, 6) is 0.805. The molecule has 0 spiro atoms. The lowest BCUT2D eigenvalue weighted by Crippen LogP contribution is -2.59. The molecule has 0 aromatic rings. The lowest BCUT2D eigenvalue weighted by molar-refractivity contribution is -0.125. The Labute approximate surface area is 167 Å². The molecule has 158 valence electrons. The van der Waals surface area contributed by atoms with Crippen LogP contribution in [0.25, 0.3) is 0 Å². The molecule has 9 heteroatoms. The van der Waals surface area contributed by atoms with E-state index in [1.165, 1.54) is 0 Å². The van der Waals surface area contributed by atoms with E-state index in [4.69, 9.17) is 4.74 Å². The summed E-state index contributed by atoms with van der Waals surface area (Å²) in [5.41, 5.74) is -0.733. The number of hydrogen-bond acceptors (Lipinski definition) is 5. The van der Waals surface area contributed by atoms with Crippen LogP contribution in [-0.4, -0.2) is 92.8 Å². The van der Waals surface area contributed by atoms with Gasteiger partial charge in [-0.2, -0.15) is 0 Å². The number of guanidine groups is 1. The number of carbonyl (C=O) groups excluding carboxylic acids is 2. The molecule has 28 heavy (non-hydrogen) atoms. The Hall–Kier alpha value is -1.87. The summed E-state index contributed by atoms with van der Waals surface area (Å²) in [6, 6.07) is -0.391. The molecule has 1 atom stereocenters. The number of likely N-dealkylation sites (tertiary alicyclic amines) is 1. The number of rotatable bonds is 4. The van der Waals surface area contributed by atoms with Crippen molar-refractivity contribution in [2.24, 2.45) is 10.9 Å². The largest absolute Gasteiger partial charge is 0.381 e. The van der Waals surface area contributed by atoms with E-state index in [0.29, 0.717) is 0 Å². The van der Waals surface area contributed by atoms with Crippen molar-refractivity contribution in [2.45, 2.75) is 43.7 Å². The van der Waals surface area contributed by atoms with Crippen LogP contribution in [0.2, 0.25) is 0 Å². The van der Waals surface area contributed by atoms with Gasteiger partial charge in [-0.15, -0.1) is 0 Å². The Morgan fingerprint density at radius 3 is 2.43 bits per heavy atom. The minimum absolute atomic E-state index is 0.0756. The van der Waals surface area contributed by atoms with Crippen molar-refractivity contribution in [3.05, 3.63) is 0 Å². The van der Waals surface area contributed by atoms with E-state index in [9.17, 15) is 9.59 Å². The number of piperidine rings is 1. The highest BCUT2D eigenvalue weighted by Crippen LogP contribution is 2.31. The van der Waals surface area contributed by atoms with Crippen molar-refractivity contribution in [1.29, 1.82) is 0 Å². The zero-order valence-corrected chi connectivity index (χ0v) is 17.5. The van der Waals surface area contributed by atoms with Gasteiger partial charge in [-0.3, -0.25) is 15.1 Å². The number of carbonyl (C=O) groups is 2. The summed E-state index contributed by atoms with van der Waals surface area (Å²) in [6.45, 7) is 5.84. The van der Waals surface area contributed by atoms with E-state index in [0.717, 1.165) is 64.5 Å². The van der Waals surface area contributed by atoms with Crippen LogP contribution in [0.4, 0.5) is 4.79 Å². The number of ether oxygens (including phenoxy) is 1. The lowest BCUT2D eigenvalue weighted by atomic mass is 9.79. The minimum Gasteiger partial charge on any atom is -0.381 e. The Morgan fingerprint density at radius 2 is 1.93 bits per heavy atom. The molecule has 3 fully saturated rings. The van der Waals surface area contributed by atoms with Crippen LogP contribution in [0, 0.1) is 5.92 Å². The van der Waals surface area contributed by atoms with Crippen molar-refractivity contribution in [3.8, 4) is 0 Å². The minimum atomic E-state index is -0.808. The van der Waals surface area contributed by atoms with Gasteiger partial charge in [-0.1, -0.05) is 0 Å². The molecule has 0 aliphatic carbocycles. The standard InChI is InChI=1S/C19H34N6O3/c1-18(15(26)22-17(27)23-18)14-5-9-25(10-6-14)16(20-2)21-13-19(24(3)4)7-11-28-12-8-19/h14H,5-13H2,1-4H3,(H,20,21)(H2,22,23,26,27). The average Bonchev–Trinajstić information content (AvgIpc) is 2.96. The first-order valence-corrected chi connectivity index (χ1v) is 10.1. The number of urea groups is 1. The number of imide groups is 1. The summed E-state index contributed by atoms with van der Waals surface area (Å²) in [5, 5.41) is 8.75. The van der Waals surface area contributed by atoms with Crippen molar-refractivity contribution < 1.29 is 14.3 Å². The molecule has 3 saturated heterocycles. The van der Waals surface area contributed by atoms with Crippen LogP contribution in [0.15, 0.2) is 4.99 Å². The molecule has 3 N–H and O–H groups in total. The number of amides is 3. The summed E-state index contributed by atoms with van der Waals surface area (Å²) in [7, 11) is 6.07. The summed E-state index contributed by atoms with van der Waals surface area (Å²) in [6.07, 6.45) is 3.66. The van der Waals surface area contributed by atoms with Gasteiger partial charge >= 0.3 is 6.03 Å². The van der Waals surface area contributed by atoms with Gasteiger partial charge in [0, 0.05) is 45.4 Å². The monoisotopic (exact) mass is 394 g/mol. The highest BCUT2D eigenvalue weighted by molar-refractivity contribution is 6.07. The van der Waals surface area contributed by atoms with Crippen molar-refractivity contribution in [2.75, 3.05) is 54.0 Å². The molecular weight excluding hydrogens is 360 g/mol. The maximum atomic E-state index is 12.2. The molecule has 0 aromatic heterocycles. The summed E-state index contributed by atoms with van der Waals surface area (Å²) < 4.78 is 5.55. The van der Waals surface area contributed by atoms with Gasteiger partial charge in [0.25, 0.3) is 5.91 Å². The number of hydrogen-bond donors (Lipinski definition) is 3. The molecule has 3 aliphatic rings. The zero-order valence-electron chi connectivity index (χ0n) is 17.5. The van der Waals surface area contributed by atoms with Crippen LogP contribution < -0.4 is 16.0 Å². The molecule has 3 amide bonds. The van der Waals surface area contributed by atoms with E-state index >= 15 is 0 Å². The molecule has 3 aliphatic heterocycles. The normalized spacial score (nSPS) is 29.0. The SMILES string of the molecule is CN=C(NCC1(N(C)C)CCOCC1)N1CCC(C2(C)NC(=O)NC2=O)CC1. The van der Waals surface area contributed by atoms with Crippen LogP contribution in [-0.2, 0) is 9.53 Å². The third kappa shape index (κ3) is 3.96. The number of nitrogens with zero attached hydrogens (tertiary/aromatic N) is 3. The van der Waals surface area contributed by atoms with Crippen molar-refractivity contribution in [1.82, 2.24) is 25.8 Å². The highest BCUT2D eigenvalue weighted by Gasteiger charge is 2.48. The maximum Gasteiger partial charge on any atom is 0.322 e. The van der Waals surface area contributed by atoms with E-state index in [1.54, 1.807) is 0 Å². The van der Waals surface area contributed by atoms with Crippen LogP contribution in [0.1, 0.15) is 32.6 Å². The number of nitrogens with one attached hydrogen (secondary N) is 3. The van der Waals surface area contributed by atoms with Crippen LogP contribution in [0.5, 0.6) is 0 Å². The third-order valence-electron chi connectivity index (χ3n) is 6.84. The van der Waals surface area contributed by atoms with Gasteiger partial charge in [-0.05, 0) is 52.6 Å². The quantitative estimate of drug-likeness (QED) is 0.352. The first kappa shape index (κ1) is 20.9. The predicted molar refractivity (Wildman–Crippen MR) is 107 cm³/mol. The van der Waals surface area contributed by atoms with E-state index in [1.807, 2.05) is 14.0 Å². The number of aliphatic imine (C=N–C) groups is 1. The van der Waals surface area contributed by atoms with Crippen LogP contribution in [0.3, 0.4) is 0 Å². The van der Waals surface area contributed by atoms with Gasteiger partial charge in [0.1, 0.15) is 5.54 Å². The Morgan fingerprint density at radius 1 is 1.29 bits per heavy atom. The molecule has 3 heterocycles. The maximum absolute atomic E-state index is 12.2. The molecular formula is C19H34N6O3. The molecule has 0 radical (unpaired) electrons. The molecule has 0 aromatic carbocycles. The second-order valence-corrected chi connectivity index (χ2v) is 8.50.